The third kappa shape index (κ3) is 4.72. The van der Waals surface area contributed by atoms with Crippen LogP contribution in [-0.4, -0.2) is 40.2 Å². The van der Waals surface area contributed by atoms with Crippen molar-refractivity contribution in [1.29, 1.82) is 0 Å². The van der Waals surface area contributed by atoms with Crippen LogP contribution in [0.5, 0.6) is 0 Å². The van der Waals surface area contributed by atoms with Gasteiger partial charge in [-0.1, -0.05) is 29.8 Å². The second kappa shape index (κ2) is 8.01. The Bertz CT molecular complexity index is 705. The number of anilines is 1. The molecule has 132 valence electrons. The SMILES string of the molecule is Cc1cccc(CC2CC(CNc3ccncc3)CCN2C(=O)O)c1. The third-order valence-corrected chi connectivity index (χ3v) is 4.90. The van der Waals surface area contributed by atoms with Gasteiger partial charge in [0.25, 0.3) is 0 Å². The number of carboxylic acid groups (broad SMARTS) is 1. The average Bonchev–Trinajstić information content (AvgIpc) is 2.61. The third-order valence-electron chi connectivity index (χ3n) is 4.90. The van der Waals surface area contributed by atoms with Gasteiger partial charge in [-0.05, 0) is 49.8 Å². The van der Waals surface area contributed by atoms with E-state index in [-0.39, 0.29) is 6.04 Å². The summed E-state index contributed by atoms with van der Waals surface area (Å²) >= 11 is 0. The van der Waals surface area contributed by atoms with Gasteiger partial charge in [-0.2, -0.15) is 0 Å². The predicted octanol–water partition coefficient (Wildman–Crippen LogP) is 3.80. The zero-order chi connectivity index (χ0) is 17.6. The largest absolute Gasteiger partial charge is 0.465 e. The van der Waals surface area contributed by atoms with E-state index in [1.165, 1.54) is 11.1 Å². The van der Waals surface area contributed by atoms with Crippen LogP contribution >= 0.6 is 0 Å². The molecule has 0 bridgehead atoms. The summed E-state index contributed by atoms with van der Waals surface area (Å²) < 4.78 is 0. The standard InChI is InChI=1S/C20H25N3O2/c1-15-3-2-4-16(11-15)12-19-13-17(7-10-23(19)20(24)25)14-22-18-5-8-21-9-6-18/h2-6,8-9,11,17,19H,7,10,12-14H2,1H3,(H,21,22)(H,24,25). The number of pyridine rings is 1. The number of hydrogen-bond acceptors (Lipinski definition) is 3. The van der Waals surface area contributed by atoms with E-state index < -0.39 is 6.09 Å². The highest BCUT2D eigenvalue weighted by atomic mass is 16.4. The number of benzene rings is 1. The van der Waals surface area contributed by atoms with Gasteiger partial charge < -0.3 is 15.3 Å². The van der Waals surface area contributed by atoms with E-state index in [0.29, 0.717) is 12.5 Å². The summed E-state index contributed by atoms with van der Waals surface area (Å²) in [4.78, 5) is 17.3. The maximum Gasteiger partial charge on any atom is 0.407 e. The first kappa shape index (κ1) is 17.3. The first-order valence-corrected chi connectivity index (χ1v) is 8.81. The van der Waals surface area contributed by atoms with Gasteiger partial charge in [0.05, 0.1) is 0 Å². The maximum absolute atomic E-state index is 11.6. The Morgan fingerprint density at radius 1 is 1.32 bits per heavy atom. The molecule has 5 heteroatoms. The van der Waals surface area contributed by atoms with Crippen LogP contribution in [-0.2, 0) is 6.42 Å². The molecule has 1 aliphatic rings. The van der Waals surface area contributed by atoms with Gasteiger partial charge in [-0.25, -0.2) is 4.79 Å². The Morgan fingerprint density at radius 3 is 2.84 bits per heavy atom. The van der Waals surface area contributed by atoms with Crippen LogP contribution < -0.4 is 5.32 Å². The lowest BCUT2D eigenvalue weighted by Gasteiger charge is -2.38. The minimum Gasteiger partial charge on any atom is -0.465 e. The first-order valence-electron chi connectivity index (χ1n) is 8.81. The van der Waals surface area contributed by atoms with E-state index in [2.05, 4.69) is 35.4 Å². The van der Waals surface area contributed by atoms with Crippen LogP contribution in [0.2, 0.25) is 0 Å². The van der Waals surface area contributed by atoms with Crippen LogP contribution in [0.15, 0.2) is 48.8 Å². The molecule has 0 spiro atoms. The topological polar surface area (TPSA) is 65.5 Å². The van der Waals surface area contributed by atoms with Crippen molar-refractivity contribution in [3.8, 4) is 0 Å². The first-order chi connectivity index (χ1) is 12.1. The molecule has 2 atom stereocenters. The van der Waals surface area contributed by atoms with Crippen LogP contribution in [0.4, 0.5) is 10.5 Å². The number of rotatable bonds is 5. The quantitative estimate of drug-likeness (QED) is 0.869. The van der Waals surface area contributed by atoms with E-state index in [9.17, 15) is 9.90 Å². The molecule has 1 amide bonds. The van der Waals surface area contributed by atoms with Crippen molar-refractivity contribution in [1.82, 2.24) is 9.88 Å². The molecule has 1 aliphatic heterocycles. The number of hydrogen-bond donors (Lipinski definition) is 2. The number of piperidine rings is 1. The van der Waals surface area contributed by atoms with Gasteiger partial charge in [0.1, 0.15) is 0 Å². The number of aromatic nitrogens is 1. The number of aryl methyl sites for hydroxylation is 1. The van der Waals surface area contributed by atoms with E-state index in [1.807, 2.05) is 18.2 Å². The lowest BCUT2D eigenvalue weighted by molar-refractivity contribution is 0.0917. The lowest BCUT2D eigenvalue weighted by atomic mass is 9.87. The zero-order valence-electron chi connectivity index (χ0n) is 14.6. The molecule has 1 aromatic carbocycles. The molecular formula is C20H25N3O2. The van der Waals surface area contributed by atoms with E-state index in [1.54, 1.807) is 17.3 Å². The molecule has 2 heterocycles. The Balaban J connectivity index is 1.64. The molecule has 3 rings (SSSR count). The summed E-state index contributed by atoms with van der Waals surface area (Å²) in [5.41, 5.74) is 3.48. The maximum atomic E-state index is 11.6. The summed E-state index contributed by atoms with van der Waals surface area (Å²) in [6, 6.07) is 12.3. The number of amides is 1. The van der Waals surface area contributed by atoms with Gasteiger partial charge in [0, 0.05) is 37.2 Å². The molecule has 1 saturated heterocycles. The highest BCUT2D eigenvalue weighted by Crippen LogP contribution is 2.26. The highest BCUT2D eigenvalue weighted by Gasteiger charge is 2.31. The average molecular weight is 339 g/mol. The zero-order valence-corrected chi connectivity index (χ0v) is 14.6. The van der Waals surface area contributed by atoms with Gasteiger partial charge in [0.2, 0.25) is 0 Å². The number of carbonyl (C=O) groups is 1. The molecule has 0 aliphatic carbocycles. The summed E-state index contributed by atoms with van der Waals surface area (Å²) in [5.74, 6) is 0.471. The van der Waals surface area contributed by atoms with Crippen LogP contribution in [0.1, 0.15) is 24.0 Å². The molecule has 0 radical (unpaired) electrons. The van der Waals surface area contributed by atoms with Crippen LogP contribution in [0.3, 0.4) is 0 Å². The summed E-state index contributed by atoms with van der Waals surface area (Å²) in [6.45, 7) is 3.54. The van der Waals surface area contributed by atoms with Crippen molar-refractivity contribution in [2.75, 3.05) is 18.4 Å². The summed E-state index contributed by atoms with van der Waals surface area (Å²) in [5, 5.41) is 13.0. The Kier molecular flexibility index (Phi) is 5.53. The van der Waals surface area contributed by atoms with Crippen molar-refractivity contribution >= 4 is 11.8 Å². The number of nitrogens with one attached hydrogen (secondary N) is 1. The van der Waals surface area contributed by atoms with E-state index in [4.69, 9.17) is 0 Å². The van der Waals surface area contributed by atoms with Crippen molar-refractivity contribution in [3.63, 3.8) is 0 Å². The minimum atomic E-state index is -0.807. The molecule has 0 saturated carbocycles. The lowest BCUT2D eigenvalue weighted by Crippen LogP contribution is -2.47. The Labute approximate surface area is 148 Å². The van der Waals surface area contributed by atoms with Crippen LogP contribution in [0.25, 0.3) is 0 Å². The molecule has 2 aromatic rings. The van der Waals surface area contributed by atoms with Gasteiger partial charge in [-0.3, -0.25) is 4.98 Å². The smallest absolute Gasteiger partial charge is 0.407 e. The second-order valence-electron chi connectivity index (χ2n) is 6.83. The monoisotopic (exact) mass is 339 g/mol. The van der Waals surface area contributed by atoms with Gasteiger partial charge in [-0.15, -0.1) is 0 Å². The fourth-order valence-corrected chi connectivity index (χ4v) is 3.61. The molecule has 25 heavy (non-hydrogen) atoms. The molecule has 2 unspecified atom stereocenters. The number of likely N-dealkylation sites (tertiary alicyclic amines) is 1. The van der Waals surface area contributed by atoms with Gasteiger partial charge in [0.15, 0.2) is 0 Å². The molecule has 1 aromatic heterocycles. The molecule has 5 nitrogen and oxygen atoms in total. The minimum absolute atomic E-state index is 0.0392. The predicted molar refractivity (Wildman–Crippen MR) is 98.9 cm³/mol. The fraction of sp³-hybridized carbons (Fsp3) is 0.400. The van der Waals surface area contributed by atoms with Crippen molar-refractivity contribution in [3.05, 3.63) is 59.9 Å². The summed E-state index contributed by atoms with van der Waals surface area (Å²) in [6.07, 6.45) is 5.30. The normalized spacial score (nSPS) is 20.3. The van der Waals surface area contributed by atoms with Crippen LogP contribution in [0, 0.1) is 12.8 Å². The van der Waals surface area contributed by atoms with Gasteiger partial charge >= 0.3 is 6.09 Å². The van der Waals surface area contributed by atoms with E-state index in [0.717, 1.165) is 31.5 Å². The Hall–Kier alpha value is -2.56. The van der Waals surface area contributed by atoms with Crippen molar-refractivity contribution < 1.29 is 9.90 Å². The molecule has 2 N–H and O–H groups in total. The van der Waals surface area contributed by atoms with Crippen molar-refractivity contribution in [2.45, 2.75) is 32.2 Å². The molecular weight excluding hydrogens is 314 g/mol. The van der Waals surface area contributed by atoms with E-state index >= 15 is 0 Å². The molecule has 1 fully saturated rings. The summed E-state index contributed by atoms with van der Waals surface area (Å²) in [7, 11) is 0. The Morgan fingerprint density at radius 2 is 2.12 bits per heavy atom. The fourth-order valence-electron chi connectivity index (χ4n) is 3.61. The van der Waals surface area contributed by atoms with Crippen molar-refractivity contribution in [2.24, 2.45) is 5.92 Å². The highest BCUT2D eigenvalue weighted by molar-refractivity contribution is 5.65. The second-order valence-corrected chi connectivity index (χ2v) is 6.83. The number of nitrogens with zero attached hydrogens (tertiary/aromatic N) is 2.